The first-order valence-electron chi connectivity index (χ1n) is 5.97. The lowest BCUT2D eigenvalue weighted by Crippen LogP contribution is -2.02. The first-order valence-corrected chi connectivity index (χ1v) is 6.35. The monoisotopic (exact) mass is 254 g/mol. The van der Waals surface area contributed by atoms with Crippen molar-refractivity contribution < 1.29 is 9.50 Å². The number of hydrogen-bond acceptors (Lipinski definition) is 1. The van der Waals surface area contributed by atoms with Gasteiger partial charge in [-0.1, -0.05) is 35.7 Å². The van der Waals surface area contributed by atoms with Gasteiger partial charge in [-0.15, -0.1) is 0 Å². The van der Waals surface area contributed by atoms with Crippen molar-refractivity contribution in [3.05, 3.63) is 46.3 Å². The van der Waals surface area contributed by atoms with Gasteiger partial charge < -0.3 is 5.11 Å². The first kappa shape index (κ1) is 12.6. The predicted octanol–water partition coefficient (Wildman–Crippen LogP) is 3.88. The molecule has 0 heterocycles. The van der Waals surface area contributed by atoms with Gasteiger partial charge in [0.25, 0.3) is 0 Å². The molecule has 0 aromatic heterocycles. The predicted molar refractivity (Wildman–Crippen MR) is 67.7 cm³/mol. The van der Waals surface area contributed by atoms with Crippen molar-refractivity contribution in [3.8, 4) is 0 Å². The molecule has 1 unspecified atom stereocenters. The van der Waals surface area contributed by atoms with E-state index in [1.165, 1.54) is 6.07 Å². The van der Waals surface area contributed by atoms with E-state index in [1.54, 1.807) is 12.1 Å². The maximum Gasteiger partial charge on any atom is 0.128 e. The number of aliphatic hydroxyl groups excluding tert-OH is 1. The fourth-order valence-corrected chi connectivity index (χ4v) is 2.45. The quantitative estimate of drug-likeness (QED) is 0.794. The Morgan fingerprint density at radius 2 is 2.18 bits per heavy atom. The van der Waals surface area contributed by atoms with Crippen LogP contribution in [0.3, 0.4) is 0 Å². The van der Waals surface area contributed by atoms with Gasteiger partial charge in [0.1, 0.15) is 5.82 Å². The lowest BCUT2D eigenvalue weighted by molar-refractivity contribution is 0.211. The molecule has 0 radical (unpaired) electrons. The second kappa shape index (κ2) is 5.65. The first-order chi connectivity index (χ1) is 8.16. The second-order valence-corrected chi connectivity index (χ2v) is 4.92. The lowest BCUT2D eigenvalue weighted by atomic mass is 10.0. The molecule has 2 rings (SSSR count). The Hall–Kier alpha value is -0.860. The van der Waals surface area contributed by atoms with E-state index < -0.39 is 6.10 Å². The van der Waals surface area contributed by atoms with Crippen molar-refractivity contribution in [1.82, 2.24) is 0 Å². The molecule has 0 saturated carbocycles. The highest BCUT2D eigenvalue weighted by Crippen LogP contribution is 2.26. The van der Waals surface area contributed by atoms with E-state index in [1.807, 2.05) is 6.08 Å². The third-order valence-electron chi connectivity index (χ3n) is 3.14. The smallest absolute Gasteiger partial charge is 0.128 e. The van der Waals surface area contributed by atoms with Crippen LogP contribution in [0.1, 0.15) is 31.2 Å². The summed E-state index contributed by atoms with van der Waals surface area (Å²) in [5, 5.41) is 10.1. The van der Waals surface area contributed by atoms with Crippen LogP contribution < -0.4 is 0 Å². The Balaban J connectivity index is 2.19. The van der Waals surface area contributed by atoms with Gasteiger partial charge in [0.2, 0.25) is 0 Å². The minimum atomic E-state index is -0.391. The topological polar surface area (TPSA) is 20.2 Å². The van der Waals surface area contributed by atoms with E-state index in [4.69, 9.17) is 11.6 Å². The molecule has 1 aliphatic rings. The summed E-state index contributed by atoms with van der Waals surface area (Å²) in [5.41, 5.74) is 1.62. The minimum absolute atomic E-state index is 0.267. The van der Waals surface area contributed by atoms with Crippen LogP contribution in [0.15, 0.2) is 29.8 Å². The molecule has 1 aromatic rings. The zero-order valence-corrected chi connectivity index (χ0v) is 10.4. The van der Waals surface area contributed by atoms with Gasteiger partial charge in [0.05, 0.1) is 6.10 Å². The van der Waals surface area contributed by atoms with Gasteiger partial charge in [0.15, 0.2) is 0 Å². The third-order valence-corrected chi connectivity index (χ3v) is 3.50. The van der Waals surface area contributed by atoms with Gasteiger partial charge in [-0.3, -0.25) is 0 Å². The van der Waals surface area contributed by atoms with Gasteiger partial charge in [-0.05, 0) is 37.8 Å². The van der Waals surface area contributed by atoms with Crippen molar-refractivity contribution in [3.63, 3.8) is 0 Å². The van der Waals surface area contributed by atoms with Crippen molar-refractivity contribution in [2.45, 2.75) is 38.2 Å². The highest BCUT2D eigenvalue weighted by atomic mass is 35.5. The van der Waals surface area contributed by atoms with E-state index in [9.17, 15) is 9.50 Å². The van der Waals surface area contributed by atoms with E-state index in [0.717, 1.165) is 31.3 Å². The summed E-state index contributed by atoms with van der Waals surface area (Å²) in [6, 6.07) is 4.74. The molecule has 0 amide bonds. The van der Waals surface area contributed by atoms with E-state index >= 15 is 0 Å². The number of halogens is 2. The number of benzene rings is 1. The zero-order chi connectivity index (χ0) is 12.3. The molecule has 1 aromatic carbocycles. The molecule has 0 fully saturated rings. The molecule has 0 saturated heterocycles. The van der Waals surface area contributed by atoms with Crippen molar-refractivity contribution >= 4 is 11.6 Å². The molecular formula is C14H16ClFO. The molecule has 92 valence electrons. The van der Waals surface area contributed by atoms with E-state index in [2.05, 4.69) is 0 Å². The standard InChI is InChI=1S/C14H16ClFO/c15-13-6-3-7-14(16)12(13)9-10-4-1-2-5-11(17)8-10/h3,6-8,11,17H,1-2,4-5,9H2. The second-order valence-electron chi connectivity index (χ2n) is 4.52. The highest BCUT2D eigenvalue weighted by molar-refractivity contribution is 6.31. The van der Waals surface area contributed by atoms with Gasteiger partial charge in [0, 0.05) is 10.6 Å². The van der Waals surface area contributed by atoms with E-state index in [-0.39, 0.29) is 5.82 Å². The lowest BCUT2D eigenvalue weighted by Gasteiger charge is -2.09. The maximum atomic E-state index is 13.6. The molecule has 17 heavy (non-hydrogen) atoms. The summed E-state index contributed by atoms with van der Waals surface area (Å²) >= 11 is 6.00. The van der Waals surface area contributed by atoms with Gasteiger partial charge in [-0.2, -0.15) is 0 Å². The zero-order valence-electron chi connectivity index (χ0n) is 9.63. The summed E-state index contributed by atoms with van der Waals surface area (Å²) in [7, 11) is 0. The summed E-state index contributed by atoms with van der Waals surface area (Å²) in [5.74, 6) is -0.267. The molecule has 0 aliphatic heterocycles. The van der Waals surface area contributed by atoms with Crippen LogP contribution >= 0.6 is 11.6 Å². The molecule has 3 heteroatoms. The minimum Gasteiger partial charge on any atom is -0.389 e. The fourth-order valence-electron chi connectivity index (χ4n) is 2.22. The Morgan fingerprint density at radius 3 is 2.94 bits per heavy atom. The van der Waals surface area contributed by atoms with Crippen LogP contribution in [0, 0.1) is 5.82 Å². The van der Waals surface area contributed by atoms with Gasteiger partial charge >= 0.3 is 0 Å². The Labute approximate surface area is 106 Å². The van der Waals surface area contributed by atoms with Crippen LogP contribution in [0.25, 0.3) is 0 Å². The number of allylic oxidation sites excluding steroid dienone is 1. The van der Waals surface area contributed by atoms with Crippen molar-refractivity contribution in [2.24, 2.45) is 0 Å². The number of rotatable bonds is 2. The number of aliphatic hydroxyl groups is 1. The van der Waals surface area contributed by atoms with Crippen molar-refractivity contribution in [2.75, 3.05) is 0 Å². The molecule has 0 spiro atoms. The maximum absolute atomic E-state index is 13.6. The largest absolute Gasteiger partial charge is 0.389 e. The molecule has 1 nitrogen and oxygen atoms in total. The Morgan fingerprint density at radius 1 is 1.35 bits per heavy atom. The molecule has 1 atom stereocenters. The summed E-state index contributed by atoms with van der Waals surface area (Å²) in [6.07, 6.45) is 5.76. The fraction of sp³-hybridized carbons (Fsp3) is 0.429. The number of hydrogen-bond donors (Lipinski definition) is 1. The normalized spacial score (nSPS) is 20.9. The van der Waals surface area contributed by atoms with Crippen LogP contribution in [0.5, 0.6) is 0 Å². The van der Waals surface area contributed by atoms with E-state index in [0.29, 0.717) is 17.0 Å². The SMILES string of the molecule is OC1C=C(Cc2c(F)cccc2Cl)CCCC1. The van der Waals surface area contributed by atoms with Crippen molar-refractivity contribution in [1.29, 1.82) is 0 Å². The van der Waals surface area contributed by atoms with Crippen LogP contribution in [0.4, 0.5) is 4.39 Å². The summed E-state index contributed by atoms with van der Waals surface area (Å²) < 4.78 is 13.6. The summed E-state index contributed by atoms with van der Waals surface area (Å²) in [4.78, 5) is 0. The molecule has 1 N–H and O–H groups in total. The van der Waals surface area contributed by atoms with Crippen LogP contribution in [-0.4, -0.2) is 11.2 Å². The van der Waals surface area contributed by atoms with Gasteiger partial charge in [-0.25, -0.2) is 4.39 Å². The highest BCUT2D eigenvalue weighted by Gasteiger charge is 2.13. The molecular weight excluding hydrogens is 239 g/mol. The molecule has 0 bridgehead atoms. The third kappa shape index (κ3) is 3.30. The molecule has 1 aliphatic carbocycles. The summed E-state index contributed by atoms with van der Waals surface area (Å²) in [6.45, 7) is 0. The average molecular weight is 255 g/mol. The average Bonchev–Trinajstić information content (AvgIpc) is 2.48. The Kier molecular flexibility index (Phi) is 4.19. The Bertz CT molecular complexity index is 408. The van der Waals surface area contributed by atoms with Crippen LogP contribution in [0.2, 0.25) is 5.02 Å². The van der Waals surface area contributed by atoms with Crippen LogP contribution in [-0.2, 0) is 6.42 Å².